The van der Waals surface area contributed by atoms with Gasteiger partial charge in [0.1, 0.15) is 0 Å². The average molecular weight is 1260 g/mol. The minimum Gasteiger partial charge on any atom is -0.504 e. The van der Waals surface area contributed by atoms with Crippen LogP contribution in [0.15, 0.2) is 204 Å². The van der Waals surface area contributed by atoms with Crippen molar-refractivity contribution in [2.24, 2.45) is 9.98 Å². The van der Waals surface area contributed by atoms with Crippen molar-refractivity contribution in [2.45, 2.75) is 0 Å². The summed E-state index contributed by atoms with van der Waals surface area (Å²) >= 11 is 14.2. The molecule has 0 amide bonds. The summed E-state index contributed by atoms with van der Waals surface area (Å²) in [7, 11) is 0. The maximum atomic E-state index is 10.4. The van der Waals surface area contributed by atoms with Crippen molar-refractivity contribution >= 4 is 148 Å². The van der Waals surface area contributed by atoms with Gasteiger partial charge in [-0.15, -0.1) is 0 Å². The van der Waals surface area contributed by atoms with Gasteiger partial charge in [0.25, 0.3) is 0 Å². The maximum Gasteiger partial charge on any atom is 0.168 e. The number of rotatable bonds is 7. The molecule has 10 N–H and O–H groups in total. The zero-order valence-electron chi connectivity index (χ0n) is 39.6. The van der Waals surface area contributed by atoms with Crippen LogP contribution in [0.1, 0.15) is 21.5 Å². The van der Waals surface area contributed by atoms with Crippen LogP contribution in [0.5, 0.6) is 34.5 Å². The average Bonchev–Trinajstić information content (AvgIpc) is 3.48. The largest absolute Gasteiger partial charge is 0.504 e. The Bertz CT molecular complexity index is 3910. The van der Waals surface area contributed by atoms with E-state index in [1.807, 2.05) is 97.1 Å². The molecule has 0 aliphatic heterocycles. The van der Waals surface area contributed by atoms with Crippen LogP contribution in [-0.2, 0) is 0 Å². The van der Waals surface area contributed by atoms with Crippen LogP contribution in [0.4, 0.5) is 22.7 Å². The standard InChI is InChI=1S/C34H22Br2N2O4.C20H14Br2N2.C7H6O3/c35-23-9-11-25-19(15-23)7-13-27(37-17-21-3-1-5-29(39)33(21)41)31(25)32-26-12-10-24(36)16-20(26)8-14-28(32)38-18-22-4-2-6-30(40)34(22)42;21-13-3-5-15-11(9-13)1-7-17(23)19(15)20-16-6-4-14(22)10-12(16)2-8-18(20)24;8-4-5-2-1-3-6(9)7(5)10/h1-18,39-42H;1-10H,23-24H2;1-4,9-10H. The normalized spacial score (nSPS) is 11.3. The Morgan fingerprint density at radius 1 is 0.355 bits per heavy atom. The third-order valence-corrected chi connectivity index (χ3v) is 14.4. The topological polar surface area (TPSA) is 215 Å². The van der Waals surface area contributed by atoms with Crippen LogP contribution in [0.3, 0.4) is 0 Å². The number of nitrogens with two attached hydrogens (primary N) is 2. The molecule has 0 aliphatic rings. The summed E-state index contributed by atoms with van der Waals surface area (Å²) in [6, 6.07) is 53.9. The third kappa shape index (κ3) is 11.1. The van der Waals surface area contributed by atoms with Gasteiger partial charge in [-0.1, -0.05) is 130 Å². The number of nitrogen functional groups attached to an aromatic ring is 2. The number of hydrogen-bond donors (Lipinski definition) is 8. The summed E-state index contributed by atoms with van der Waals surface area (Å²) < 4.78 is 3.95. The van der Waals surface area contributed by atoms with Gasteiger partial charge in [0.05, 0.1) is 16.9 Å². The quantitative estimate of drug-likeness (QED) is 0.0329. The van der Waals surface area contributed by atoms with E-state index in [9.17, 15) is 25.2 Å². The Kier molecular flexibility index (Phi) is 15.7. The van der Waals surface area contributed by atoms with Crippen LogP contribution < -0.4 is 11.5 Å². The smallest absolute Gasteiger partial charge is 0.168 e. The van der Waals surface area contributed by atoms with Crippen molar-refractivity contribution in [1.82, 2.24) is 0 Å². The molecule has 376 valence electrons. The lowest BCUT2D eigenvalue weighted by Crippen LogP contribution is -1.97. The molecule has 0 aromatic heterocycles. The van der Waals surface area contributed by atoms with Gasteiger partial charge in [0.15, 0.2) is 40.8 Å². The van der Waals surface area contributed by atoms with Crippen molar-refractivity contribution in [1.29, 1.82) is 0 Å². The number of carbonyl (C=O) groups is 1. The van der Waals surface area contributed by atoms with Gasteiger partial charge >= 0.3 is 0 Å². The van der Waals surface area contributed by atoms with Gasteiger partial charge in [-0.25, -0.2) is 0 Å². The van der Waals surface area contributed by atoms with E-state index >= 15 is 0 Å². The van der Waals surface area contributed by atoms with E-state index in [-0.39, 0.29) is 40.1 Å². The Hall–Kier alpha value is -8.21. The van der Waals surface area contributed by atoms with Crippen LogP contribution in [0.25, 0.3) is 65.3 Å². The second-order valence-corrected chi connectivity index (χ2v) is 20.9. The number of para-hydroxylation sites is 3. The fourth-order valence-electron chi connectivity index (χ4n) is 8.74. The Morgan fingerprint density at radius 2 is 0.658 bits per heavy atom. The predicted molar refractivity (Wildman–Crippen MR) is 323 cm³/mol. The van der Waals surface area contributed by atoms with Crippen LogP contribution in [-0.4, -0.2) is 49.4 Å². The predicted octanol–water partition coefficient (Wildman–Crippen LogP) is 16.8. The molecule has 0 fully saturated rings. The van der Waals surface area contributed by atoms with Gasteiger partial charge in [-0.3, -0.25) is 14.8 Å². The molecule has 0 unspecified atom stereocenters. The number of anilines is 2. The molecular weight excluding hydrogens is 1220 g/mol. The summed E-state index contributed by atoms with van der Waals surface area (Å²) in [5.41, 5.74) is 19.9. The number of aldehydes is 1. The Morgan fingerprint density at radius 3 is 0.987 bits per heavy atom. The Labute approximate surface area is 468 Å². The molecule has 0 atom stereocenters. The number of fused-ring (bicyclic) bond motifs is 4. The third-order valence-electron chi connectivity index (χ3n) is 12.4. The molecule has 0 bridgehead atoms. The molecule has 0 saturated heterocycles. The first-order chi connectivity index (χ1) is 36.6. The van der Waals surface area contributed by atoms with E-state index in [4.69, 9.17) is 31.7 Å². The van der Waals surface area contributed by atoms with Crippen LogP contribution >= 0.6 is 63.7 Å². The highest BCUT2D eigenvalue weighted by molar-refractivity contribution is 9.11. The van der Waals surface area contributed by atoms with Gasteiger partial charge in [0.2, 0.25) is 0 Å². The first kappa shape index (κ1) is 52.6. The fourth-order valence-corrected chi connectivity index (χ4v) is 10.3. The molecule has 0 aliphatic carbocycles. The summed E-state index contributed by atoms with van der Waals surface area (Å²) in [6.45, 7) is 0. The van der Waals surface area contributed by atoms with E-state index in [0.717, 1.165) is 94.6 Å². The van der Waals surface area contributed by atoms with Crippen LogP contribution in [0.2, 0.25) is 0 Å². The lowest BCUT2D eigenvalue weighted by molar-refractivity contribution is 0.112. The molecular formula is C61H42Br4N4O7. The monoisotopic (exact) mass is 1260 g/mol. The first-order valence-corrected chi connectivity index (χ1v) is 26.2. The van der Waals surface area contributed by atoms with Crippen molar-refractivity contribution in [3.63, 3.8) is 0 Å². The molecule has 0 heterocycles. The molecule has 0 radical (unpaired) electrons. The number of nitrogens with zero attached hydrogens (tertiary/aromatic N) is 2. The number of phenolic OH excluding ortho intramolecular Hbond substituents is 6. The second kappa shape index (κ2) is 22.7. The van der Waals surface area contributed by atoms with E-state index in [0.29, 0.717) is 28.8 Å². The number of phenols is 6. The number of benzene rings is 11. The van der Waals surface area contributed by atoms with Crippen molar-refractivity contribution in [2.75, 3.05) is 11.5 Å². The molecule has 0 spiro atoms. The summed E-state index contributed by atoms with van der Waals surface area (Å²) in [5, 5.41) is 66.8. The molecule has 11 nitrogen and oxygen atoms in total. The number of hydrogen-bond acceptors (Lipinski definition) is 11. The highest BCUT2D eigenvalue weighted by atomic mass is 79.9. The highest BCUT2D eigenvalue weighted by Gasteiger charge is 2.19. The number of carbonyl (C=O) groups excluding carboxylic acids is 1. The van der Waals surface area contributed by atoms with E-state index < -0.39 is 0 Å². The lowest BCUT2D eigenvalue weighted by atomic mass is 9.91. The molecule has 0 saturated carbocycles. The van der Waals surface area contributed by atoms with E-state index in [1.165, 1.54) is 42.8 Å². The van der Waals surface area contributed by atoms with Crippen LogP contribution in [0, 0.1) is 0 Å². The second-order valence-electron chi connectivity index (χ2n) is 17.2. The maximum absolute atomic E-state index is 10.4. The number of aliphatic imine (C=N–C) groups is 2. The molecule has 15 heteroatoms. The van der Waals surface area contributed by atoms with E-state index in [2.05, 4.69) is 88.0 Å². The number of aromatic hydroxyl groups is 6. The van der Waals surface area contributed by atoms with Crippen molar-refractivity contribution in [3.05, 3.63) is 211 Å². The summed E-state index contributed by atoms with van der Waals surface area (Å²) in [6.07, 6.45) is 3.52. The van der Waals surface area contributed by atoms with Gasteiger partial charge in [-0.2, -0.15) is 0 Å². The fraction of sp³-hybridized carbons (Fsp3) is 0. The van der Waals surface area contributed by atoms with E-state index in [1.54, 1.807) is 24.3 Å². The van der Waals surface area contributed by atoms with Gasteiger partial charge < -0.3 is 42.1 Å². The minimum absolute atomic E-state index is 0.0972. The van der Waals surface area contributed by atoms with Gasteiger partial charge in [0, 0.05) is 75.1 Å². The summed E-state index contributed by atoms with van der Waals surface area (Å²) in [4.78, 5) is 19.7. The minimum atomic E-state index is -0.363. The Balaban J connectivity index is 0.000000172. The first-order valence-electron chi connectivity index (χ1n) is 23.1. The molecule has 11 aromatic rings. The molecule has 76 heavy (non-hydrogen) atoms. The van der Waals surface area contributed by atoms with Crippen molar-refractivity contribution in [3.8, 4) is 56.8 Å². The number of halogens is 4. The van der Waals surface area contributed by atoms with Gasteiger partial charge in [-0.05, 0) is 152 Å². The zero-order valence-corrected chi connectivity index (χ0v) is 46.0. The van der Waals surface area contributed by atoms with Crippen molar-refractivity contribution < 1.29 is 35.4 Å². The molecule has 11 aromatic carbocycles. The highest BCUT2D eigenvalue weighted by Crippen LogP contribution is 2.47. The summed E-state index contributed by atoms with van der Waals surface area (Å²) in [5.74, 6) is -1.59. The SMILES string of the molecule is Nc1ccc2cc(Br)ccc2c1-c1c(N)ccc2cc(Br)ccc12.O=Cc1cccc(O)c1O.Oc1cccc(C=Nc2ccc3cc(Br)ccc3c2-c2c(N=Cc3cccc(O)c3O)ccc3cc(Br)ccc23)c1O. The molecule has 11 rings (SSSR count). The zero-order chi connectivity index (χ0) is 53.8. The lowest BCUT2D eigenvalue weighted by Gasteiger charge is -2.16.